The second-order valence-electron chi connectivity index (χ2n) is 4.06. The van der Waals surface area contributed by atoms with Gasteiger partial charge in [0.15, 0.2) is 6.29 Å². The van der Waals surface area contributed by atoms with Gasteiger partial charge in [0.25, 0.3) is 5.69 Å². The number of hydrogen-bond donors (Lipinski definition) is 0. The lowest BCUT2D eigenvalue weighted by molar-refractivity contribution is -0.384. The van der Waals surface area contributed by atoms with Crippen LogP contribution in [0.2, 0.25) is 0 Å². The molecule has 0 aliphatic carbocycles. The summed E-state index contributed by atoms with van der Waals surface area (Å²) >= 11 is 0. The summed E-state index contributed by atoms with van der Waals surface area (Å²) in [5.74, 6) is 0.314. The van der Waals surface area contributed by atoms with Gasteiger partial charge in [-0.2, -0.15) is 0 Å². The fourth-order valence-electron chi connectivity index (χ4n) is 1.78. The molecular weight excluding hydrogens is 262 g/mol. The molecule has 7 nitrogen and oxygen atoms in total. The summed E-state index contributed by atoms with van der Waals surface area (Å²) in [5.41, 5.74) is 0.877. The number of hydrogen-bond acceptors (Lipinski definition) is 5. The van der Waals surface area contributed by atoms with Crippen molar-refractivity contribution in [1.29, 1.82) is 0 Å². The lowest BCUT2D eigenvalue weighted by Gasteiger charge is -2.09. The van der Waals surface area contributed by atoms with Crippen LogP contribution in [-0.2, 0) is 13.2 Å². The van der Waals surface area contributed by atoms with E-state index in [1.807, 2.05) is 11.5 Å². The van der Waals surface area contributed by atoms with Crippen LogP contribution >= 0.6 is 0 Å². The first-order chi connectivity index (χ1) is 9.65. The van der Waals surface area contributed by atoms with Gasteiger partial charge < -0.3 is 9.30 Å². The van der Waals surface area contributed by atoms with Crippen molar-refractivity contribution in [3.8, 4) is 5.75 Å². The minimum atomic E-state index is -0.553. The van der Waals surface area contributed by atoms with E-state index < -0.39 is 4.92 Å². The van der Waals surface area contributed by atoms with Gasteiger partial charge in [0.1, 0.15) is 12.4 Å². The van der Waals surface area contributed by atoms with Crippen molar-refractivity contribution in [2.24, 2.45) is 0 Å². The molecule has 0 aliphatic rings. The van der Waals surface area contributed by atoms with Gasteiger partial charge in [-0.3, -0.25) is 14.9 Å². The summed E-state index contributed by atoms with van der Waals surface area (Å²) in [6.07, 6.45) is 3.91. The molecule has 1 aromatic heterocycles. The highest BCUT2D eigenvalue weighted by molar-refractivity contribution is 5.80. The molecule has 0 spiro atoms. The predicted molar refractivity (Wildman–Crippen MR) is 70.7 cm³/mol. The normalized spacial score (nSPS) is 10.2. The van der Waals surface area contributed by atoms with Crippen molar-refractivity contribution in [1.82, 2.24) is 9.55 Å². The monoisotopic (exact) mass is 275 g/mol. The third kappa shape index (κ3) is 2.82. The Morgan fingerprint density at radius 1 is 1.50 bits per heavy atom. The molecule has 0 saturated carbocycles. The van der Waals surface area contributed by atoms with Crippen LogP contribution < -0.4 is 4.74 Å². The lowest BCUT2D eigenvalue weighted by Crippen LogP contribution is -2.05. The largest absolute Gasteiger partial charge is 0.487 e. The van der Waals surface area contributed by atoms with E-state index in [4.69, 9.17) is 4.74 Å². The van der Waals surface area contributed by atoms with Crippen molar-refractivity contribution in [3.05, 3.63) is 52.1 Å². The number of nitro benzene ring substituents is 1. The number of non-ortho nitro benzene ring substituents is 1. The van der Waals surface area contributed by atoms with Gasteiger partial charge in [-0.25, -0.2) is 4.98 Å². The van der Waals surface area contributed by atoms with E-state index in [2.05, 4.69) is 4.98 Å². The molecular formula is C13H13N3O4. The topological polar surface area (TPSA) is 87.3 Å². The van der Waals surface area contributed by atoms with E-state index >= 15 is 0 Å². The minimum absolute atomic E-state index is 0.141. The molecule has 2 aromatic rings. The Bertz CT molecular complexity index is 636. The third-order valence-corrected chi connectivity index (χ3v) is 2.85. The summed E-state index contributed by atoms with van der Waals surface area (Å²) in [7, 11) is 0. The van der Waals surface area contributed by atoms with Gasteiger partial charge >= 0.3 is 0 Å². The maximum absolute atomic E-state index is 11.0. The fraction of sp³-hybridized carbons (Fsp3) is 0.231. The quantitative estimate of drug-likeness (QED) is 0.458. The third-order valence-electron chi connectivity index (χ3n) is 2.85. The highest BCUT2D eigenvalue weighted by Gasteiger charge is 2.12. The zero-order chi connectivity index (χ0) is 14.5. The maximum Gasteiger partial charge on any atom is 0.270 e. The molecule has 1 heterocycles. The van der Waals surface area contributed by atoms with Gasteiger partial charge in [0, 0.05) is 18.7 Å². The van der Waals surface area contributed by atoms with Gasteiger partial charge in [-0.05, 0) is 13.0 Å². The van der Waals surface area contributed by atoms with E-state index in [1.165, 1.54) is 18.2 Å². The number of nitrogens with zero attached hydrogens (tertiary/aromatic N) is 3. The highest BCUT2D eigenvalue weighted by atomic mass is 16.6. The summed E-state index contributed by atoms with van der Waals surface area (Å²) in [5, 5.41) is 10.6. The predicted octanol–water partition coefficient (Wildman–Crippen LogP) is 2.20. The Balaban J connectivity index is 2.17. The van der Waals surface area contributed by atoms with Crippen LogP contribution in [0.5, 0.6) is 5.75 Å². The number of aromatic nitrogens is 2. The minimum Gasteiger partial charge on any atom is -0.487 e. The van der Waals surface area contributed by atoms with Crippen molar-refractivity contribution in [3.63, 3.8) is 0 Å². The van der Waals surface area contributed by atoms with Gasteiger partial charge in [-0.15, -0.1) is 0 Å². The van der Waals surface area contributed by atoms with Crippen molar-refractivity contribution < 1.29 is 14.5 Å². The Hall–Kier alpha value is -2.70. The first-order valence-electron chi connectivity index (χ1n) is 6.01. The molecule has 1 aromatic carbocycles. The Morgan fingerprint density at radius 2 is 2.30 bits per heavy atom. The van der Waals surface area contributed by atoms with Crippen LogP contribution in [0.25, 0.3) is 0 Å². The number of carbonyl (C=O) groups is 1. The number of carbonyl (C=O) groups excluding carboxylic acids is 1. The zero-order valence-electron chi connectivity index (χ0n) is 10.9. The molecule has 0 amide bonds. The standard InChI is InChI=1S/C13H13N3O4/c1-2-15-9-14-6-12(15)8-20-13-4-3-11(16(18)19)5-10(13)7-17/h3-7,9H,2,8H2,1H3. The van der Waals surface area contributed by atoms with Crippen LogP contribution in [0.3, 0.4) is 0 Å². The molecule has 0 aliphatic heterocycles. The molecule has 0 radical (unpaired) electrons. The van der Waals surface area contributed by atoms with Crippen molar-refractivity contribution in [2.75, 3.05) is 0 Å². The molecule has 2 rings (SSSR count). The van der Waals surface area contributed by atoms with Crippen LogP contribution in [0.1, 0.15) is 23.0 Å². The second kappa shape index (κ2) is 5.96. The number of aryl methyl sites for hydroxylation is 1. The highest BCUT2D eigenvalue weighted by Crippen LogP contribution is 2.23. The van der Waals surface area contributed by atoms with Crippen LogP contribution in [0.15, 0.2) is 30.7 Å². The maximum atomic E-state index is 11.0. The smallest absolute Gasteiger partial charge is 0.270 e. The Morgan fingerprint density at radius 3 is 2.95 bits per heavy atom. The summed E-state index contributed by atoms with van der Waals surface area (Å²) in [4.78, 5) is 25.1. The Labute approximate surface area is 115 Å². The van der Waals surface area contributed by atoms with E-state index in [-0.39, 0.29) is 17.9 Å². The summed E-state index contributed by atoms with van der Waals surface area (Å²) < 4.78 is 7.44. The first-order valence-corrected chi connectivity index (χ1v) is 6.01. The van der Waals surface area contributed by atoms with E-state index in [0.717, 1.165) is 12.2 Å². The van der Waals surface area contributed by atoms with Gasteiger partial charge in [0.2, 0.25) is 0 Å². The molecule has 0 atom stereocenters. The molecule has 0 N–H and O–H groups in total. The number of rotatable bonds is 6. The second-order valence-corrected chi connectivity index (χ2v) is 4.06. The first kappa shape index (κ1) is 13.7. The number of benzene rings is 1. The summed E-state index contributed by atoms with van der Waals surface area (Å²) in [6.45, 7) is 2.99. The molecule has 20 heavy (non-hydrogen) atoms. The molecule has 0 unspecified atom stereocenters. The zero-order valence-corrected chi connectivity index (χ0v) is 10.9. The number of nitro groups is 1. The fourth-order valence-corrected chi connectivity index (χ4v) is 1.78. The Kier molecular flexibility index (Phi) is 4.09. The van der Waals surface area contributed by atoms with Crippen molar-refractivity contribution in [2.45, 2.75) is 20.1 Å². The SMILES string of the molecule is CCn1cncc1COc1ccc([N+](=O)[O-])cc1C=O. The van der Waals surface area contributed by atoms with Gasteiger partial charge in [0.05, 0.1) is 28.7 Å². The van der Waals surface area contributed by atoms with E-state index in [9.17, 15) is 14.9 Å². The molecule has 7 heteroatoms. The average molecular weight is 275 g/mol. The number of ether oxygens (including phenoxy) is 1. The van der Waals surface area contributed by atoms with Crippen LogP contribution in [0, 0.1) is 10.1 Å². The number of aldehydes is 1. The average Bonchev–Trinajstić information content (AvgIpc) is 2.92. The van der Waals surface area contributed by atoms with Crippen LogP contribution in [-0.4, -0.2) is 20.8 Å². The van der Waals surface area contributed by atoms with Crippen LogP contribution in [0.4, 0.5) is 5.69 Å². The molecule has 0 saturated heterocycles. The van der Waals surface area contributed by atoms with Gasteiger partial charge in [-0.1, -0.05) is 0 Å². The number of imidazole rings is 1. The molecule has 104 valence electrons. The van der Waals surface area contributed by atoms with Crippen molar-refractivity contribution >= 4 is 12.0 Å². The molecule has 0 bridgehead atoms. The van der Waals surface area contributed by atoms with E-state index in [0.29, 0.717) is 12.0 Å². The summed E-state index contributed by atoms with van der Waals surface area (Å²) in [6, 6.07) is 3.92. The lowest BCUT2D eigenvalue weighted by atomic mass is 10.2. The molecule has 0 fully saturated rings. The van der Waals surface area contributed by atoms with E-state index in [1.54, 1.807) is 12.5 Å².